The van der Waals surface area contributed by atoms with E-state index < -0.39 is 0 Å². The highest BCUT2D eigenvalue weighted by Gasteiger charge is 2.32. The normalized spacial score (nSPS) is 18.4. The van der Waals surface area contributed by atoms with Crippen LogP contribution in [-0.4, -0.2) is 39.4 Å². The number of carbonyl (C=O) groups is 2. The van der Waals surface area contributed by atoms with Crippen LogP contribution >= 0.6 is 0 Å². The van der Waals surface area contributed by atoms with Crippen LogP contribution in [0.3, 0.4) is 0 Å². The number of piperidine rings is 1. The highest BCUT2D eigenvalue weighted by Crippen LogP contribution is 2.28. The van der Waals surface area contributed by atoms with E-state index in [0.29, 0.717) is 50.3 Å². The topological polar surface area (TPSA) is 76.5 Å². The summed E-state index contributed by atoms with van der Waals surface area (Å²) < 4.78 is 21.8. The third-order valence-electron chi connectivity index (χ3n) is 6.67. The maximum absolute atomic E-state index is 13.8. The number of fused-ring (bicyclic) bond motifs is 1. The fraction of sp³-hybridized carbons (Fsp3) is 0.346. The summed E-state index contributed by atoms with van der Waals surface area (Å²) in [6.07, 6.45) is 2.78. The number of carbonyl (C=O) groups excluding carboxylic acids is 2. The third-order valence-corrected chi connectivity index (χ3v) is 6.67. The zero-order chi connectivity index (χ0) is 23.5. The van der Waals surface area contributed by atoms with Crippen molar-refractivity contribution in [3.63, 3.8) is 0 Å². The Hall–Kier alpha value is -3.52. The minimum Gasteiger partial charge on any atom is -0.365 e. The molecule has 8 heteroatoms. The molecule has 1 fully saturated rings. The van der Waals surface area contributed by atoms with E-state index in [0.717, 1.165) is 11.3 Å². The van der Waals surface area contributed by atoms with Crippen molar-refractivity contribution in [3.05, 3.63) is 89.3 Å². The lowest BCUT2D eigenvalue weighted by Gasteiger charge is -2.31. The first-order valence-corrected chi connectivity index (χ1v) is 11.6. The minimum atomic E-state index is -0.328. The first-order chi connectivity index (χ1) is 16.6. The fourth-order valence-electron chi connectivity index (χ4n) is 4.64. The average Bonchev–Trinajstić information content (AvgIpc) is 3.31. The number of halogens is 1. The van der Waals surface area contributed by atoms with Gasteiger partial charge in [0.05, 0.1) is 25.2 Å². The molecule has 1 atom stereocenters. The van der Waals surface area contributed by atoms with Crippen LogP contribution in [0.5, 0.6) is 0 Å². The SMILES string of the molecule is O=C(NCc1ccccc1F)C1CCN(C(=O)c2ncn3c2COC(c2ccccc2)C3)CC1. The van der Waals surface area contributed by atoms with Crippen LogP contribution in [0.25, 0.3) is 0 Å². The molecule has 1 aromatic heterocycles. The van der Waals surface area contributed by atoms with Crippen LogP contribution in [0.4, 0.5) is 4.39 Å². The Kier molecular flexibility index (Phi) is 6.40. The van der Waals surface area contributed by atoms with Crippen LogP contribution in [0.2, 0.25) is 0 Å². The maximum atomic E-state index is 13.8. The molecule has 3 aromatic rings. The van der Waals surface area contributed by atoms with Gasteiger partial charge in [0.2, 0.25) is 5.91 Å². The summed E-state index contributed by atoms with van der Waals surface area (Å²) in [7, 11) is 0. The molecule has 3 heterocycles. The van der Waals surface area contributed by atoms with Gasteiger partial charge in [-0.2, -0.15) is 0 Å². The molecule has 0 aliphatic carbocycles. The second-order valence-corrected chi connectivity index (χ2v) is 8.78. The van der Waals surface area contributed by atoms with Crippen LogP contribution in [0.15, 0.2) is 60.9 Å². The largest absolute Gasteiger partial charge is 0.365 e. The second kappa shape index (κ2) is 9.77. The highest BCUT2D eigenvalue weighted by atomic mass is 19.1. The molecule has 0 spiro atoms. The Balaban J connectivity index is 1.16. The molecule has 2 aliphatic heterocycles. The molecular formula is C26H27FN4O3. The number of aromatic nitrogens is 2. The number of hydrogen-bond donors (Lipinski definition) is 1. The lowest BCUT2D eigenvalue weighted by atomic mass is 9.95. The lowest BCUT2D eigenvalue weighted by Crippen LogP contribution is -2.43. The van der Waals surface area contributed by atoms with Gasteiger partial charge >= 0.3 is 0 Å². The van der Waals surface area contributed by atoms with Crippen molar-refractivity contribution in [1.82, 2.24) is 19.8 Å². The van der Waals surface area contributed by atoms with E-state index in [1.807, 2.05) is 34.9 Å². The number of hydrogen-bond acceptors (Lipinski definition) is 4. The van der Waals surface area contributed by atoms with Gasteiger partial charge in [-0.25, -0.2) is 9.37 Å². The van der Waals surface area contributed by atoms with Crippen LogP contribution in [0, 0.1) is 11.7 Å². The molecular weight excluding hydrogens is 435 g/mol. The third kappa shape index (κ3) is 4.59. The molecule has 5 rings (SSSR count). The van der Waals surface area contributed by atoms with Crippen molar-refractivity contribution in [3.8, 4) is 0 Å². The van der Waals surface area contributed by atoms with Crippen molar-refractivity contribution in [2.75, 3.05) is 13.1 Å². The van der Waals surface area contributed by atoms with Gasteiger partial charge in [-0.1, -0.05) is 48.5 Å². The number of nitrogens with one attached hydrogen (secondary N) is 1. The average molecular weight is 463 g/mol. The molecule has 2 aliphatic rings. The minimum absolute atomic E-state index is 0.0653. The molecule has 1 N–H and O–H groups in total. The van der Waals surface area contributed by atoms with Gasteiger partial charge in [0, 0.05) is 31.1 Å². The number of imidazole rings is 1. The molecule has 1 saturated heterocycles. The van der Waals surface area contributed by atoms with E-state index in [4.69, 9.17) is 4.74 Å². The van der Waals surface area contributed by atoms with E-state index in [1.165, 1.54) is 6.07 Å². The summed E-state index contributed by atoms with van der Waals surface area (Å²) in [6.45, 7) is 2.07. The van der Waals surface area contributed by atoms with Crippen molar-refractivity contribution < 1.29 is 18.7 Å². The molecule has 2 aromatic carbocycles. The van der Waals surface area contributed by atoms with Crippen molar-refractivity contribution in [2.24, 2.45) is 5.92 Å². The molecule has 7 nitrogen and oxygen atoms in total. The molecule has 176 valence electrons. The van der Waals surface area contributed by atoms with Crippen molar-refractivity contribution >= 4 is 11.8 Å². The number of likely N-dealkylation sites (tertiary alicyclic amines) is 1. The second-order valence-electron chi connectivity index (χ2n) is 8.78. The summed E-state index contributed by atoms with van der Waals surface area (Å²) in [4.78, 5) is 31.9. The number of nitrogens with zero attached hydrogens (tertiary/aromatic N) is 3. The molecule has 0 bridgehead atoms. The van der Waals surface area contributed by atoms with Crippen LogP contribution in [-0.2, 0) is 29.2 Å². The number of amides is 2. The Morgan fingerprint density at radius 1 is 1.06 bits per heavy atom. The van der Waals surface area contributed by atoms with Gasteiger partial charge in [-0.3, -0.25) is 9.59 Å². The Bertz CT molecular complexity index is 1170. The van der Waals surface area contributed by atoms with E-state index in [2.05, 4.69) is 10.3 Å². The van der Waals surface area contributed by atoms with Crippen molar-refractivity contribution in [1.29, 1.82) is 0 Å². The molecule has 1 unspecified atom stereocenters. The van der Waals surface area contributed by atoms with Crippen molar-refractivity contribution in [2.45, 2.75) is 38.6 Å². The zero-order valence-corrected chi connectivity index (χ0v) is 18.8. The highest BCUT2D eigenvalue weighted by molar-refractivity contribution is 5.93. The Labute approximate surface area is 197 Å². The molecule has 2 amide bonds. The fourth-order valence-corrected chi connectivity index (χ4v) is 4.64. The summed E-state index contributed by atoms with van der Waals surface area (Å²) in [5.41, 5.74) is 2.78. The summed E-state index contributed by atoms with van der Waals surface area (Å²) in [6, 6.07) is 16.4. The number of ether oxygens (including phenoxy) is 1. The van der Waals surface area contributed by atoms with Crippen LogP contribution < -0.4 is 5.32 Å². The van der Waals surface area contributed by atoms with Crippen LogP contribution in [0.1, 0.15) is 46.3 Å². The Morgan fingerprint density at radius 2 is 1.79 bits per heavy atom. The maximum Gasteiger partial charge on any atom is 0.274 e. The smallest absolute Gasteiger partial charge is 0.274 e. The predicted molar refractivity (Wildman–Crippen MR) is 123 cm³/mol. The van der Waals surface area contributed by atoms with E-state index in [9.17, 15) is 14.0 Å². The zero-order valence-electron chi connectivity index (χ0n) is 18.8. The van der Waals surface area contributed by atoms with Gasteiger partial charge < -0.3 is 19.5 Å². The Morgan fingerprint density at radius 3 is 2.56 bits per heavy atom. The number of benzene rings is 2. The molecule has 0 radical (unpaired) electrons. The van der Waals surface area contributed by atoms with Gasteiger partial charge in [-0.05, 0) is 24.5 Å². The standard InChI is InChI=1S/C26H27FN4O3/c27-21-9-5-4-8-20(21)14-28-25(32)19-10-12-30(13-11-19)26(33)24-22-16-34-23(15-31(22)17-29-24)18-6-2-1-3-7-18/h1-9,17,19,23H,10-16H2,(H,28,32). The van der Waals surface area contributed by atoms with Gasteiger partial charge in [0.15, 0.2) is 5.69 Å². The molecule has 34 heavy (non-hydrogen) atoms. The number of rotatable bonds is 5. The summed E-state index contributed by atoms with van der Waals surface area (Å²) in [5, 5.41) is 2.83. The monoisotopic (exact) mass is 462 g/mol. The predicted octanol–water partition coefficient (Wildman–Crippen LogP) is 3.46. The summed E-state index contributed by atoms with van der Waals surface area (Å²) in [5.74, 6) is -0.747. The lowest BCUT2D eigenvalue weighted by molar-refractivity contribution is -0.126. The van der Waals surface area contributed by atoms with Gasteiger partial charge in [-0.15, -0.1) is 0 Å². The quantitative estimate of drug-likeness (QED) is 0.630. The first kappa shape index (κ1) is 22.3. The molecule has 0 saturated carbocycles. The van der Waals surface area contributed by atoms with E-state index in [-0.39, 0.29) is 36.2 Å². The van der Waals surface area contributed by atoms with E-state index in [1.54, 1.807) is 29.4 Å². The van der Waals surface area contributed by atoms with Gasteiger partial charge in [0.25, 0.3) is 5.91 Å². The summed E-state index contributed by atoms with van der Waals surface area (Å²) >= 11 is 0. The van der Waals surface area contributed by atoms with E-state index >= 15 is 0 Å². The van der Waals surface area contributed by atoms with Gasteiger partial charge in [0.1, 0.15) is 11.9 Å². The first-order valence-electron chi connectivity index (χ1n) is 11.6.